The maximum Gasteiger partial charge on any atom is 0.238 e. The zero-order chi connectivity index (χ0) is 23.4. The average molecular weight is 495 g/mol. The van der Waals surface area contributed by atoms with Gasteiger partial charge in [0.1, 0.15) is 16.2 Å². The molecular formula is C25H23ClN4OS2. The lowest BCUT2D eigenvalue weighted by Crippen LogP contribution is -2.22. The molecule has 33 heavy (non-hydrogen) atoms. The van der Waals surface area contributed by atoms with E-state index in [1.54, 1.807) is 29.8 Å². The van der Waals surface area contributed by atoms with E-state index in [9.17, 15) is 10.1 Å². The molecule has 0 radical (unpaired) electrons. The van der Waals surface area contributed by atoms with Crippen molar-refractivity contribution in [3.05, 3.63) is 69.3 Å². The van der Waals surface area contributed by atoms with Gasteiger partial charge in [0, 0.05) is 27.7 Å². The van der Waals surface area contributed by atoms with E-state index in [0.29, 0.717) is 21.6 Å². The van der Waals surface area contributed by atoms with Crippen LogP contribution in [0.2, 0.25) is 5.15 Å². The number of benzene rings is 1. The molecule has 0 saturated heterocycles. The van der Waals surface area contributed by atoms with Crippen molar-refractivity contribution in [3.8, 4) is 6.07 Å². The van der Waals surface area contributed by atoms with Crippen LogP contribution in [0, 0.1) is 17.2 Å². The number of thioether (sulfide) groups is 1. The average Bonchev–Trinajstić information content (AvgIpc) is 3.15. The van der Waals surface area contributed by atoms with Crippen LogP contribution in [0.15, 0.2) is 52.5 Å². The second-order valence-electron chi connectivity index (χ2n) is 8.03. The number of amides is 1. The first-order valence-corrected chi connectivity index (χ1v) is 12.8. The Hall–Kier alpha value is -2.66. The van der Waals surface area contributed by atoms with Crippen LogP contribution in [0.25, 0.3) is 0 Å². The number of hydrogen-bond acceptors (Lipinski definition) is 6. The Morgan fingerprint density at radius 1 is 1.39 bits per heavy atom. The number of pyridine rings is 1. The van der Waals surface area contributed by atoms with Crippen LogP contribution in [-0.4, -0.2) is 22.4 Å². The van der Waals surface area contributed by atoms with Gasteiger partial charge in [0.05, 0.1) is 16.5 Å². The molecule has 2 heterocycles. The van der Waals surface area contributed by atoms with Crippen molar-refractivity contribution in [2.75, 3.05) is 5.32 Å². The Balaban J connectivity index is 1.48. The second kappa shape index (κ2) is 10.5. The molecule has 3 aromatic rings. The Kier molecular flexibility index (Phi) is 7.49. The third kappa shape index (κ3) is 5.47. The molecule has 0 unspecified atom stereocenters. The van der Waals surface area contributed by atoms with Gasteiger partial charge < -0.3 is 5.32 Å². The van der Waals surface area contributed by atoms with E-state index in [1.165, 1.54) is 16.6 Å². The summed E-state index contributed by atoms with van der Waals surface area (Å²) in [5.74, 6) is 0.483. The summed E-state index contributed by atoms with van der Waals surface area (Å²) >= 11 is 9.10. The van der Waals surface area contributed by atoms with Crippen LogP contribution in [0.3, 0.4) is 0 Å². The molecule has 1 aromatic carbocycles. The number of aromatic nitrogens is 1. The molecule has 2 aromatic heterocycles. The fraction of sp³-hybridized carbons (Fsp3) is 0.280. The number of nitriles is 1. The number of para-hydroxylation sites is 1. The van der Waals surface area contributed by atoms with Gasteiger partial charge in [-0.1, -0.05) is 30.7 Å². The zero-order valence-corrected chi connectivity index (χ0v) is 20.7. The zero-order valence-electron chi connectivity index (χ0n) is 18.3. The highest BCUT2D eigenvalue weighted by molar-refractivity contribution is 8.00. The molecule has 0 bridgehead atoms. The monoisotopic (exact) mass is 494 g/mol. The van der Waals surface area contributed by atoms with Crippen molar-refractivity contribution < 1.29 is 4.79 Å². The Bertz CT molecular complexity index is 1250. The molecule has 0 spiro atoms. The van der Waals surface area contributed by atoms with Crippen LogP contribution in [0.5, 0.6) is 0 Å². The molecule has 0 saturated carbocycles. The lowest BCUT2D eigenvalue weighted by Gasteiger charge is -2.17. The fourth-order valence-corrected chi connectivity index (χ4v) is 6.19. The number of nitrogens with one attached hydrogen (secondary N) is 1. The van der Waals surface area contributed by atoms with Crippen LogP contribution in [0.4, 0.5) is 10.7 Å². The molecule has 168 valence electrons. The van der Waals surface area contributed by atoms with E-state index in [2.05, 4.69) is 28.3 Å². The molecular weight excluding hydrogens is 472 g/mol. The second-order valence-corrected chi connectivity index (χ2v) is 10.9. The molecule has 0 fully saturated rings. The van der Waals surface area contributed by atoms with E-state index in [0.717, 1.165) is 41.0 Å². The Morgan fingerprint density at radius 3 is 3.00 bits per heavy atom. The number of hydrogen-bond donors (Lipinski definition) is 1. The van der Waals surface area contributed by atoms with E-state index >= 15 is 0 Å². The van der Waals surface area contributed by atoms with Gasteiger partial charge in [0.15, 0.2) is 0 Å². The van der Waals surface area contributed by atoms with Crippen molar-refractivity contribution >= 4 is 57.5 Å². The summed E-state index contributed by atoms with van der Waals surface area (Å²) < 4.78 is 0. The van der Waals surface area contributed by atoms with Gasteiger partial charge in [-0.25, -0.2) is 4.98 Å². The lowest BCUT2D eigenvalue weighted by molar-refractivity contribution is -0.115. The minimum atomic E-state index is -0.368. The first-order valence-electron chi connectivity index (χ1n) is 10.7. The molecule has 4 rings (SSSR count). The highest BCUT2D eigenvalue weighted by atomic mass is 35.5. The normalized spacial score (nSPS) is 16.2. The number of aliphatic imine (C=N–C) groups is 1. The predicted octanol–water partition coefficient (Wildman–Crippen LogP) is 6.66. The standard InChI is InChI=1S/C25H23ClN4OS2/c1-15-9-10-18-19(13-27)25(33-22(18)12-15)30-24(31)16(2)32-21-8-4-3-7-20(21)29-14-17-6-5-11-28-23(17)26/h3-8,11,14-16H,9-10,12H2,1-2H3,(H,30,31)/t15-,16+/m0/s1. The smallest absolute Gasteiger partial charge is 0.238 e. The molecule has 1 N–H and O–H groups in total. The molecule has 1 aliphatic carbocycles. The molecule has 1 amide bonds. The van der Waals surface area contributed by atoms with Crippen LogP contribution < -0.4 is 5.32 Å². The minimum Gasteiger partial charge on any atom is -0.316 e. The summed E-state index contributed by atoms with van der Waals surface area (Å²) in [6, 6.07) is 13.6. The number of thiophene rings is 1. The van der Waals surface area contributed by atoms with Crippen molar-refractivity contribution in [1.29, 1.82) is 5.26 Å². The molecule has 2 atom stereocenters. The number of halogens is 1. The maximum absolute atomic E-state index is 13.0. The molecule has 0 aliphatic heterocycles. The summed E-state index contributed by atoms with van der Waals surface area (Å²) in [5, 5.41) is 13.4. The van der Waals surface area contributed by atoms with Gasteiger partial charge in [0.25, 0.3) is 0 Å². The largest absolute Gasteiger partial charge is 0.316 e. The van der Waals surface area contributed by atoms with E-state index in [4.69, 9.17) is 11.6 Å². The predicted molar refractivity (Wildman–Crippen MR) is 137 cm³/mol. The highest BCUT2D eigenvalue weighted by Crippen LogP contribution is 2.40. The van der Waals surface area contributed by atoms with Crippen molar-refractivity contribution in [2.24, 2.45) is 10.9 Å². The van der Waals surface area contributed by atoms with Gasteiger partial charge in [-0.15, -0.1) is 23.1 Å². The van der Waals surface area contributed by atoms with Crippen LogP contribution >= 0.6 is 34.7 Å². The van der Waals surface area contributed by atoms with Gasteiger partial charge >= 0.3 is 0 Å². The first kappa shape index (κ1) is 23.5. The lowest BCUT2D eigenvalue weighted by atomic mass is 9.89. The van der Waals surface area contributed by atoms with Gasteiger partial charge in [0.2, 0.25) is 5.91 Å². The van der Waals surface area contributed by atoms with Gasteiger partial charge in [-0.3, -0.25) is 9.79 Å². The number of nitrogens with zero attached hydrogens (tertiary/aromatic N) is 3. The van der Waals surface area contributed by atoms with Crippen molar-refractivity contribution in [3.63, 3.8) is 0 Å². The summed E-state index contributed by atoms with van der Waals surface area (Å²) in [6.07, 6.45) is 6.27. The fourth-order valence-electron chi connectivity index (χ4n) is 3.71. The summed E-state index contributed by atoms with van der Waals surface area (Å²) in [4.78, 5) is 23.7. The van der Waals surface area contributed by atoms with Crippen molar-refractivity contribution in [1.82, 2.24) is 4.98 Å². The van der Waals surface area contributed by atoms with E-state index in [-0.39, 0.29) is 11.2 Å². The van der Waals surface area contributed by atoms with Crippen LogP contribution in [0.1, 0.15) is 41.8 Å². The number of rotatable bonds is 6. The third-order valence-corrected chi connectivity index (χ3v) is 8.18. The van der Waals surface area contributed by atoms with Crippen molar-refractivity contribution in [2.45, 2.75) is 43.3 Å². The highest BCUT2D eigenvalue weighted by Gasteiger charge is 2.26. The minimum absolute atomic E-state index is 0.128. The summed E-state index contributed by atoms with van der Waals surface area (Å²) in [6.45, 7) is 4.09. The number of carbonyl (C=O) groups is 1. The summed E-state index contributed by atoms with van der Waals surface area (Å²) in [7, 11) is 0. The van der Waals surface area contributed by atoms with E-state index in [1.807, 2.05) is 37.3 Å². The summed E-state index contributed by atoms with van der Waals surface area (Å²) in [5.41, 5.74) is 3.22. The Morgan fingerprint density at radius 2 is 2.21 bits per heavy atom. The maximum atomic E-state index is 13.0. The first-order chi connectivity index (χ1) is 16.0. The van der Waals surface area contributed by atoms with Crippen LogP contribution in [-0.2, 0) is 17.6 Å². The van der Waals surface area contributed by atoms with E-state index < -0.39 is 0 Å². The molecule has 5 nitrogen and oxygen atoms in total. The van der Waals surface area contributed by atoms with Gasteiger partial charge in [-0.05, 0) is 61.9 Å². The number of fused-ring (bicyclic) bond motifs is 1. The molecule has 8 heteroatoms. The number of anilines is 1. The number of carbonyl (C=O) groups excluding carboxylic acids is 1. The SMILES string of the molecule is C[C@H]1CCc2c(sc(NC(=O)[C@@H](C)Sc3ccccc3N=Cc3cccnc3Cl)c2C#N)C1. The van der Waals surface area contributed by atoms with Gasteiger partial charge in [-0.2, -0.15) is 5.26 Å². The Labute approximate surface area is 206 Å². The molecule has 1 aliphatic rings. The topological polar surface area (TPSA) is 78.1 Å². The third-order valence-electron chi connectivity index (χ3n) is 5.53. The quantitative estimate of drug-likeness (QED) is 0.236.